The Hall–Kier alpha value is -2.53. The second kappa shape index (κ2) is 8.03. The summed E-state index contributed by atoms with van der Waals surface area (Å²) in [5.74, 6) is -1.74. The molecule has 0 saturated carbocycles. The van der Waals surface area contributed by atoms with Crippen LogP contribution >= 0.6 is 11.6 Å². The summed E-state index contributed by atoms with van der Waals surface area (Å²) in [6, 6.07) is 11.8. The number of rotatable bonds is 6. The summed E-state index contributed by atoms with van der Waals surface area (Å²) in [7, 11) is 3.80. The second-order valence-corrected chi connectivity index (χ2v) is 6.29. The summed E-state index contributed by atoms with van der Waals surface area (Å²) in [4.78, 5) is 25.8. The van der Waals surface area contributed by atoms with Gasteiger partial charge in [-0.15, -0.1) is 0 Å². The van der Waals surface area contributed by atoms with Gasteiger partial charge in [0.25, 0.3) is 0 Å². The van der Waals surface area contributed by atoms with Gasteiger partial charge in [0.2, 0.25) is 5.91 Å². The second-order valence-electron chi connectivity index (χ2n) is 5.85. The average molecular weight is 361 g/mol. The van der Waals surface area contributed by atoms with E-state index in [4.69, 9.17) is 16.7 Å². The summed E-state index contributed by atoms with van der Waals surface area (Å²) in [6.07, 6.45) is 0. The number of carboxylic acid groups (broad SMARTS) is 1. The lowest BCUT2D eigenvalue weighted by Gasteiger charge is -2.24. The number of aromatic carboxylic acids is 1. The summed E-state index contributed by atoms with van der Waals surface area (Å²) in [6.45, 7) is 2.35. The van der Waals surface area contributed by atoms with Gasteiger partial charge in [0.15, 0.2) is 0 Å². The van der Waals surface area contributed by atoms with E-state index in [-0.39, 0.29) is 11.5 Å². The van der Waals surface area contributed by atoms with Crippen LogP contribution in [0.4, 0.5) is 5.69 Å². The maximum Gasteiger partial charge on any atom is 0.335 e. The van der Waals surface area contributed by atoms with Crippen LogP contribution in [0.2, 0.25) is 5.02 Å². The maximum atomic E-state index is 12.8. The topological polar surface area (TPSA) is 69.6 Å². The number of halogens is 1. The molecule has 0 spiro atoms. The molecule has 0 radical (unpaired) electrons. The van der Waals surface area contributed by atoms with Crippen LogP contribution in [0.5, 0.6) is 0 Å². The van der Waals surface area contributed by atoms with Crippen LogP contribution in [0.25, 0.3) is 0 Å². The monoisotopic (exact) mass is 360 g/mol. The highest BCUT2D eigenvalue weighted by Gasteiger charge is 2.26. The molecule has 2 aromatic rings. The van der Waals surface area contributed by atoms with Crippen molar-refractivity contribution in [2.45, 2.75) is 12.8 Å². The highest BCUT2D eigenvalue weighted by molar-refractivity contribution is 6.30. The number of hydrogen-bond donors (Lipinski definition) is 2. The quantitative estimate of drug-likeness (QED) is 0.828. The lowest BCUT2D eigenvalue weighted by atomic mass is 9.88. The third-order valence-electron chi connectivity index (χ3n) is 3.89. The van der Waals surface area contributed by atoms with Gasteiger partial charge in [-0.05, 0) is 48.4 Å². The fourth-order valence-electron chi connectivity index (χ4n) is 2.73. The first kappa shape index (κ1) is 18.8. The van der Waals surface area contributed by atoms with Crippen LogP contribution in [-0.4, -0.2) is 37.6 Å². The van der Waals surface area contributed by atoms with Gasteiger partial charge < -0.3 is 15.3 Å². The van der Waals surface area contributed by atoms with Crippen LogP contribution < -0.4 is 10.2 Å². The van der Waals surface area contributed by atoms with Crippen LogP contribution in [0, 0.1) is 0 Å². The number of amides is 1. The maximum absolute atomic E-state index is 12.8. The molecular weight excluding hydrogens is 340 g/mol. The smallest absolute Gasteiger partial charge is 0.335 e. The van der Waals surface area contributed by atoms with Gasteiger partial charge in [-0.3, -0.25) is 4.79 Å². The van der Waals surface area contributed by atoms with E-state index in [0.717, 1.165) is 11.3 Å². The standard InChI is InChI=1S/C19H21ClN2O3/c1-4-21-18(23)17(12-5-7-13(8-6-12)19(24)25)15-11-14(20)9-10-16(15)22(2)3/h5-11,17H,4H2,1-3H3,(H,21,23)(H,24,25). The number of hydrogen-bond acceptors (Lipinski definition) is 3. The lowest BCUT2D eigenvalue weighted by molar-refractivity contribution is -0.121. The van der Waals surface area contributed by atoms with Crippen LogP contribution in [0.1, 0.15) is 34.3 Å². The summed E-state index contributed by atoms with van der Waals surface area (Å²) in [5, 5.41) is 12.5. The van der Waals surface area contributed by atoms with E-state index in [9.17, 15) is 9.59 Å². The Kier molecular flexibility index (Phi) is 6.04. The molecule has 5 nitrogen and oxygen atoms in total. The minimum absolute atomic E-state index is 0.157. The number of nitrogens with zero attached hydrogens (tertiary/aromatic N) is 1. The molecule has 0 aliphatic heterocycles. The number of nitrogens with one attached hydrogen (secondary N) is 1. The van der Waals surface area contributed by atoms with Gasteiger partial charge in [-0.2, -0.15) is 0 Å². The van der Waals surface area contributed by atoms with E-state index in [2.05, 4.69) is 5.32 Å². The van der Waals surface area contributed by atoms with Gasteiger partial charge in [0.1, 0.15) is 0 Å². The fourth-order valence-corrected chi connectivity index (χ4v) is 2.91. The number of anilines is 1. The predicted molar refractivity (Wildman–Crippen MR) is 99.7 cm³/mol. The van der Waals surface area contributed by atoms with E-state index in [0.29, 0.717) is 17.1 Å². The van der Waals surface area contributed by atoms with E-state index < -0.39 is 11.9 Å². The molecule has 0 saturated heterocycles. The molecule has 1 atom stereocenters. The molecular formula is C19H21ClN2O3. The Morgan fingerprint density at radius 3 is 2.32 bits per heavy atom. The first-order valence-electron chi connectivity index (χ1n) is 7.92. The number of carboxylic acids is 1. The van der Waals surface area contributed by atoms with Crippen molar-refractivity contribution in [1.82, 2.24) is 5.32 Å². The normalized spacial score (nSPS) is 11.7. The summed E-state index contributed by atoms with van der Waals surface area (Å²) < 4.78 is 0. The number of likely N-dealkylation sites (N-methyl/N-ethyl adjacent to an activating group) is 1. The number of benzene rings is 2. The third kappa shape index (κ3) is 4.31. The van der Waals surface area contributed by atoms with Crippen molar-refractivity contribution in [2.24, 2.45) is 0 Å². The molecule has 0 aromatic heterocycles. The molecule has 2 rings (SSSR count). The Morgan fingerprint density at radius 1 is 1.16 bits per heavy atom. The van der Waals surface area contributed by atoms with Crippen molar-refractivity contribution < 1.29 is 14.7 Å². The molecule has 6 heteroatoms. The van der Waals surface area contributed by atoms with Crippen molar-refractivity contribution in [3.8, 4) is 0 Å². The van der Waals surface area contributed by atoms with E-state index in [1.807, 2.05) is 32.0 Å². The fraction of sp³-hybridized carbons (Fsp3) is 0.263. The van der Waals surface area contributed by atoms with Crippen molar-refractivity contribution in [3.63, 3.8) is 0 Å². The molecule has 0 aliphatic rings. The molecule has 2 aromatic carbocycles. The summed E-state index contributed by atoms with van der Waals surface area (Å²) in [5.41, 5.74) is 2.54. The molecule has 132 valence electrons. The van der Waals surface area contributed by atoms with Crippen LogP contribution in [0.15, 0.2) is 42.5 Å². The zero-order chi connectivity index (χ0) is 18.6. The van der Waals surface area contributed by atoms with E-state index >= 15 is 0 Å². The van der Waals surface area contributed by atoms with E-state index in [1.165, 1.54) is 12.1 Å². The molecule has 0 heterocycles. The lowest BCUT2D eigenvalue weighted by Crippen LogP contribution is -2.30. The Labute approximate surface area is 152 Å². The van der Waals surface area contributed by atoms with Crippen molar-refractivity contribution in [2.75, 3.05) is 25.5 Å². The number of carbonyl (C=O) groups excluding carboxylic acids is 1. The minimum atomic E-state index is -1.00. The minimum Gasteiger partial charge on any atom is -0.478 e. The van der Waals surface area contributed by atoms with Crippen molar-refractivity contribution in [3.05, 3.63) is 64.2 Å². The van der Waals surface area contributed by atoms with Gasteiger partial charge in [0.05, 0.1) is 11.5 Å². The van der Waals surface area contributed by atoms with Crippen molar-refractivity contribution >= 4 is 29.2 Å². The van der Waals surface area contributed by atoms with Gasteiger partial charge >= 0.3 is 5.97 Å². The molecule has 0 aliphatic carbocycles. The Balaban J connectivity index is 2.59. The first-order valence-corrected chi connectivity index (χ1v) is 8.30. The van der Waals surface area contributed by atoms with E-state index in [1.54, 1.807) is 24.3 Å². The van der Waals surface area contributed by atoms with Gasteiger partial charge in [-0.25, -0.2) is 4.79 Å². The molecule has 25 heavy (non-hydrogen) atoms. The molecule has 2 N–H and O–H groups in total. The van der Waals surface area contributed by atoms with Gasteiger partial charge in [0, 0.05) is 31.4 Å². The zero-order valence-corrected chi connectivity index (χ0v) is 15.2. The first-order chi connectivity index (χ1) is 11.8. The molecule has 0 fully saturated rings. The largest absolute Gasteiger partial charge is 0.478 e. The molecule has 1 unspecified atom stereocenters. The number of carbonyl (C=O) groups is 2. The van der Waals surface area contributed by atoms with Gasteiger partial charge in [-0.1, -0.05) is 23.7 Å². The van der Waals surface area contributed by atoms with Crippen molar-refractivity contribution in [1.29, 1.82) is 0 Å². The SMILES string of the molecule is CCNC(=O)C(c1ccc(C(=O)O)cc1)c1cc(Cl)ccc1N(C)C. The Bertz CT molecular complexity index is 773. The third-order valence-corrected chi connectivity index (χ3v) is 4.12. The van der Waals surface area contributed by atoms with Crippen LogP contribution in [-0.2, 0) is 4.79 Å². The predicted octanol–water partition coefficient (Wildman–Crippen LogP) is 3.37. The highest BCUT2D eigenvalue weighted by Crippen LogP contribution is 2.34. The molecule has 1 amide bonds. The zero-order valence-electron chi connectivity index (χ0n) is 14.4. The average Bonchev–Trinajstić information content (AvgIpc) is 2.55. The Morgan fingerprint density at radius 2 is 1.80 bits per heavy atom. The summed E-state index contributed by atoms with van der Waals surface area (Å²) >= 11 is 6.17. The molecule has 0 bridgehead atoms. The highest BCUT2D eigenvalue weighted by atomic mass is 35.5. The van der Waals surface area contributed by atoms with Crippen LogP contribution in [0.3, 0.4) is 0 Å².